The SMILES string of the molecule is Cn1nnc(COc2c(Cl)cc(Cl)cc2CN)n1. The average Bonchev–Trinajstić information content (AvgIpc) is 2.73. The molecule has 0 spiro atoms. The Morgan fingerprint density at radius 3 is 2.78 bits per heavy atom. The lowest BCUT2D eigenvalue weighted by Gasteiger charge is -2.11. The number of rotatable bonds is 4. The second-order valence-electron chi connectivity index (χ2n) is 3.56. The summed E-state index contributed by atoms with van der Waals surface area (Å²) in [7, 11) is 1.68. The van der Waals surface area contributed by atoms with Crippen LogP contribution in [0.25, 0.3) is 0 Å². The van der Waals surface area contributed by atoms with Crippen molar-refractivity contribution in [1.29, 1.82) is 0 Å². The summed E-state index contributed by atoms with van der Waals surface area (Å²) in [5, 5.41) is 12.4. The third-order valence-corrected chi connectivity index (χ3v) is 2.70. The van der Waals surface area contributed by atoms with Gasteiger partial charge in [-0.1, -0.05) is 23.2 Å². The summed E-state index contributed by atoms with van der Waals surface area (Å²) in [4.78, 5) is 1.35. The zero-order valence-electron chi connectivity index (χ0n) is 9.60. The van der Waals surface area contributed by atoms with E-state index in [2.05, 4.69) is 15.4 Å². The zero-order valence-corrected chi connectivity index (χ0v) is 11.1. The third kappa shape index (κ3) is 2.90. The van der Waals surface area contributed by atoms with Crippen LogP contribution in [0.5, 0.6) is 5.75 Å². The predicted molar refractivity (Wildman–Crippen MR) is 67.5 cm³/mol. The zero-order chi connectivity index (χ0) is 13.1. The molecule has 96 valence electrons. The molecular formula is C10H11Cl2N5O. The molecule has 0 saturated carbocycles. The van der Waals surface area contributed by atoms with Gasteiger partial charge in [0.25, 0.3) is 0 Å². The Labute approximate surface area is 114 Å². The molecule has 0 amide bonds. The summed E-state index contributed by atoms with van der Waals surface area (Å²) in [6.45, 7) is 0.450. The lowest BCUT2D eigenvalue weighted by Crippen LogP contribution is -2.05. The van der Waals surface area contributed by atoms with Crippen LogP contribution in [0.4, 0.5) is 0 Å². The van der Waals surface area contributed by atoms with E-state index < -0.39 is 0 Å². The second-order valence-corrected chi connectivity index (χ2v) is 4.41. The lowest BCUT2D eigenvalue weighted by atomic mass is 10.2. The normalized spacial score (nSPS) is 10.7. The topological polar surface area (TPSA) is 78.8 Å². The lowest BCUT2D eigenvalue weighted by molar-refractivity contribution is 0.292. The molecule has 1 heterocycles. The summed E-state index contributed by atoms with van der Waals surface area (Å²) >= 11 is 11.9. The van der Waals surface area contributed by atoms with Crippen molar-refractivity contribution < 1.29 is 4.74 Å². The van der Waals surface area contributed by atoms with Crippen LogP contribution in [-0.4, -0.2) is 20.2 Å². The maximum absolute atomic E-state index is 6.06. The monoisotopic (exact) mass is 287 g/mol. The van der Waals surface area contributed by atoms with Crippen LogP contribution < -0.4 is 10.5 Å². The van der Waals surface area contributed by atoms with Crippen LogP contribution in [0, 0.1) is 0 Å². The van der Waals surface area contributed by atoms with Crippen molar-refractivity contribution >= 4 is 23.2 Å². The second kappa shape index (κ2) is 5.51. The van der Waals surface area contributed by atoms with E-state index in [9.17, 15) is 0 Å². The van der Waals surface area contributed by atoms with E-state index in [4.69, 9.17) is 33.7 Å². The van der Waals surface area contributed by atoms with Crippen LogP contribution in [0.2, 0.25) is 10.0 Å². The fourth-order valence-electron chi connectivity index (χ4n) is 1.44. The van der Waals surface area contributed by atoms with Crippen LogP contribution in [-0.2, 0) is 20.2 Å². The molecule has 0 unspecified atom stereocenters. The number of aryl methyl sites for hydroxylation is 1. The number of nitrogens with zero attached hydrogens (tertiary/aromatic N) is 4. The van der Waals surface area contributed by atoms with Crippen molar-refractivity contribution in [2.75, 3.05) is 0 Å². The van der Waals surface area contributed by atoms with E-state index in [1.807, 2.05) is 0 Å². The van der Waals surface area contributed by atoms with Gasteiger partial charge < -0.3 is 10.5 Å². The Morgan fingerprint density at radius 1 is 1.39 bits per heavy atom. The van der Waals surface area contributed by atoms with Crippen molar-refractivity contribution in [2.24, 2.45) is 12.8 Å². The number of halogens is 2. The highest BCUT2D eigenvalue weighted by Crippen LogP contribution is 2.32. The molecule has 0 fully saturated rings. The molecule has 0 saturated heterocycles. The number of ether oxygens (including phenoxy) is 1. The van der Waals surface area contributed by atoms with Gasteiger partial charge in [-0.25, -0.2) is 0 Å². The van der Waals surface area contributed by atoms with Gasteiger partial charge in [0.05, 0.1) is 12.1 Å². The maximum Gasteiger partial charge on any atom is 0.212 e. The van der Waals surface area contributed by atoms with Crippen molar-refractivity contribution in [3.63, 3.8) is 0 Å². The van der Waals surface area contributed by atoms with Gasteiger partial charge in [-0.15, -0.1) is 10.2 Å². The molecule has 1 aromatic heterocycles. The minimum absolute atomic E-state index is 0.169. The van der Waals surface area contributed by atoms with Gasteiger partial charge in [0.1, 0.15) is 5.75 Å². The Hall–Kier alpha value is -1.37. The van der Waals surface area contributed by atoms with Gasteiger partial charge >= 0.3 is 0 Å². The van der Waals surface area contributed by atoms with E-state index in [1.165, 1.54) is 4.80 Å². The largest absolute Gasteiger partial charge is 0.484 e. The summed E-state index contributed by atoms with van der Waals surface area (Å²) in [5.41, 5.74) is 6.35. The van der Waals surface area contributed by atoms with Gasteiger partial charge in [-0.05, 0) is 17.3 Å². The molecule has 0 radical (unpaired) electrons. The molecule has 6 nitrogen and oxygen atoms in total. The molecule has 2 N–H and O–H groups in total. The molecule has 0 aliphatic carbocycles. The molecule has 2 aromatic rings. The first-order valence-electron chi connectivity index (χ1n) is 5.14. The van der Waals surface area contributed by atoms with E-state index >= 15 is 0 Å². The fourth-order valence-corrected chi connectivity index (χ4v) is 2.03. The van der Waals surface area contributed by atoms with E-state index in [0.29, 0.717) is 21.6 Å². The quantitative estimate of drug-likeness (QED) is 0.923. The number of tetrazole rings is 1. The molecule has 1 aromatic carbocycles. The Morgan fingerprint density at radius 2 is 2.17 bits per heavy atom. The van der Waals surface area contributed by atoms with Crippen LogP contribution in [0.15, 0.2) is 12.1 Å². The minimum atomic E-state index is 0.169. The number of nitrogens with two attached hydrogens (primary N) is 1. The first-order chi connectivity index (χ1) is 8.60. The standard InChI is InChI=1S/C10H11Cl2N5O/c1-17-15-9(14-16-17)5-18-10-6(4-13)2-7(11)3-8(10)12/h2-3H,4-5,13H2,1H3. The molecule has 18 heavy (non-hydrogen) atoms. The highest BCUT2D eigenvalue weighted by Gasteiger charge is 2.11. The van der Waals surface area contributed by atoms with E-state index in [1.54, 1.807) is 19.2 Å². The van der Waals surface area contributed by atoms with E-state index in [0.717, 1.165) is 5.56 Å². The summed E-state index contributed by atoms with van der Waals surface area (Å²) in [6.07, 6.45) is 0. The average molecular weight is 288 g/mol. The minimum Gasteiger partial charge on any atom is -0.484 e. The fraction of sp³-hybridized carbons (Fsp3) is 0.300. The van der Waals surface area contributed by atoms with Crippen LogP contribution in [0.1, 0.15) is 11.4 Å². The van der Waals surface area contributed by atoms with E-state index in [-0.39, 0.29) is 13.2 Å². The van der Waals surface area contributed by atoms with Crippen molar-refractivity contribution in [2.45, 2.75) is 13.2 Å². The molecular weight excluding hydrogens is 277 g/mol. The Kier molecular flexibility index (Phi) is 4.00. The highest BCUT2D eigenvalue weighted by molar-refractivity contribution is 6.35. The molecule has 0 aliphatic rings. The van der Waals surface area contributed by atoms with Crippen molar-refractivity contribution in [3.8, 4) is 5.75 Å². The molecule has 0 aliphatic heterocycles. The third-order valence-electron chi connectivity index (χ3n) is 2.20. The first-order valence-corrected chi connectivity index (χ1v) is 5.89. The Bertz CT molecular complexity index is 557. The molecule has 2 rings (SSSR count). The van der Waals surface area contributed by atoms with Gasteiger partial charge in [0.15, 0.2) is 6.61 Å². The van der Waals surface area contributed by atoms with Crippen LogP contribution in [0.3, 0.4) is 0 Å². The summed E-state index contributed by atoms with van der Waals surface area (Å²) < 4.78 is 5.56. The first kappa shape index (κ1) is 13.1. The molecule has 0 atom stereocenters. The number of aromatic nitrogens is 4. The summed E-state index contributed by atoms with van der Waals surface area (Å²) in [5.74, 6) is 0.961. The van der Waals surface area contributed by atoms with Gasteiger partial charge in [-0.2, -0.15) is 4.80 Å². The van der Waals surface area contributed by atoms with Crippen molar-refractivity contribution in [1.82, 2.24) is 20.2 Å². The highest BCUT2D eigenvalue weighted by atomic mass is 35.5. The van der Waals surface area contributed by atoms with Gasteiger partial charge in [-0.3, -0.25) is 0 Å². The predicted octanol–water partition coefficient (Wildman–Crippen LogP) is 1.55. The van der Waals surface area contributed by atoms with Gasteiger partial charge in [0, 0.05) is 17.1 Å². The maximum atomic E-state index is 6.06. The Balaban J connectivity index is 2.18. The van der Waals surface area contributed by atoms with Crippen molar-refractivity contribution in [3.05, 3.63) is 33.6 Å². The molecule has 0 bridgehead atoms. The smallest absolute Gasteiger partial charge is 0.212 e. The number of benzene rings is 1. The van der Waals surface area contributed by atoms with Gasteiger partial charge in [0.2, 0.25) is 5.82 Å². The number of hydrogen-bond acceptors (Lipinski definition) is 5. The van der Waals surface area contributed by atoms with Crippen LogP contribution >= 0.6 is 23.2 Å². The summed E-state index contributed by atoms with van der Waals surface area (Å²) in [6, 6.07) is 3.31. The molecule has 8 heteroatoms. The number of hydrogen-bond donors (Lipinski definition) is 1.